The molecule has 0 atom stereocenters. The lowest BCUT2D eigenvalue weighted by Gasteiger charge is -2.13. The number of guanidine groups is 1. The summed E-state index contributed by atoms with van der Waals surface area (Å²) in [4.78, 5) is 30.1. The third-order valence-electron chi connectivity index (χ3n) is 4.47. The Morgan fingerprint density at radius 3 is 2.30 bits per heavy atom. The van der Waals surface area contributed by atoms with E-state index in [1.54, 1.807) is 32.1 Å². The molecule has 2 rings (SSSR count). The van der Waals surface area contributed by atoms with Gasteiger partial charge in [0.25, 0.3) is 11.8 Å². The Hall–Kier alpha value is -3.35. The second-order valence-corrected chi connectivity index (χ2v) is 7.05. The first kappa shape index (κ1) is 22.9. The topological polar surface area (TPSA) is 85.8 Å². The fourth-order valence-electron chi connectivity index (χ4n) is 2.91. The molecule has 2 aromatic carbocycles. The van der Waals surface area contributed by atoms with Gasteiger partial charge in [0.1, 0.15) is 0 Å². The van der Waals surface area contributed by atoms with Crippen LogP contribution in [0, 0.1) is 0 Å². The number of carbonyl (C=O) groups is 2. The predicted octanol–water partition coefficient (Wildman–Crippen LogP) is 2.05. The summed E-state index contributed by atoms with van der Waals surface area (Å²) in [7, 11) is 5.12. The molecule has 160 valence electrons. The smallest absolute Gasteiger partial charge is 0.253 e. The molecule has 0 aliphatic heterocycles. The Balaban J connectivity index is 1.97. The van der Waals surface area contributed by atoms with Crippen LogP contribution in [-0.4, -0.2) is 56.9 Å². The standard InChI is InChI=1S/C23H31N5O2/c1-5-25-23(27-16-18-9-7-10-19(15-18)21(29)24-2)26-13-12-17-8-6-11-20(14-17)22(30)28(3)4/h6-11,14-15H,5,12-13,16H2,1-4H3,(H,24,29)(H2,25,26,27). The largest absolute Gasteiger partial charge is 0.357 e. The highest BCUT2D eigenvalue weighted by molar-refractivity contribution is 5.94. The molecule has 2 amide bonds. The molecule has 7 heteroatoms. The van der Waals surface area contributed by atoms with Crippen LogP contribution in [0.2, 0.25) is 0 Å². The Kier molecular flexibility index (Phi) is 8.87. The molecule has 0 aliphatic rings. The number of benzene rings is 2. The van der Waals surface area contributed by atoms with E-state index >= 15 is 0 Å². The quantitative estimate of drug-likeness (QED) is 0.460. The van der Waals surface area contributed by atoms with Gasteiger partial charge in [-0.25, -0.2) is 4.99 Å². The molecule has 0 saturated heterocycles. The summed E-state index contributed by atoms with van der Waals surface area (Å²) in [5, 5.41) is 9.19. The van der Waals surface area contributed by atoms with Crippen LogP contribution >= 0.6 is 0 Å². The van der Waals surface area contributed by atoms with Crippen molar-refractivity contribution in [1.82, 2.24) is 20.9 Å². The van der Waals surface area contributed by atoms with Crippen LogP contribution in [0.15, 0.2) is 53.5 Å². The maximum atomic E-state index is 12.1. The van der Waals surface area contributed by atoms with Gasteiger partial charge in [0.05, 0.1) is 6.54 Å². The number of aliphatic imine (C=N–C) groups is 1. The molecule has 0 aromatic heterocycles. The SMILES string of the molecule is CCNC(=NCc1cccc(C(=O)NC)c1)NCCc1cccc(C(=O)N(C)C)c1. The van der Waals surface area contributed by atoms with Gasteiger partial charge in [0.15, 0.2) is 5.96 Å². The summed E-state index contributed by atoms with van der Waals surface area (Å²) in [5.74, 6) is 0.600. The lowest BCUT2D eigenvalue weighted by molar-refractivity contribution is 0.0827. The molecule has 2 aromatic rings. The van der Waals surface area contributed by atoms with Crippen LogP contribution in [0.5, 0.6) is 0 Å². The van der Waals surface area contributed by atoms with E-state index in [2.05, 4.69) is 20.9 Å². The first-order chi connectivity index (χ1) is 14.4. The van der Waals surface area contributed by atoms with Gasteiger partial charge in [0, 0.05) is 45.4 Å². The van der Waals surface area contributed by atoms with E-state index in [1.807, 2.05) is 49.4 Å². The van der Waals surface area contributed by atoms with Crippen molar-refractivity contribution in [1.29, 1.82) is 0 Å². The van der Waals surface area contributed by atoms with Crippen LogP contribution < -0.4 is 16.0 Å². The van der Waals surface area contributed by atoms with Crippen molar-refractivity contribution in [2.75, 3.05) is 34.2 Å². The fourth-order valence-corrected chi connectivity index (χ4v) is 2.91. The minimum Gasteiger partial charge on any atom is -0.357 e. The molecule has 0 aliphatic carbocycles. The highest BCUT2D eigenvalue weighted by atomic mass is 16.2. The van der Waals surface area contributed by atoms with E-state index in [9.17, 15) is 9.59 Å². The predicted molar refractivity (Wildman–Crippen MR) is 121 cm³/mol. The van der Waals surface area contributed by atoms with Gasteiger partial charge < -0.3 is 20.9 Å². The van der Waals surface area contributed by atoms with Crippen molar-refractivity contribution < 1.29 is 9.59 Å². The Bertz CT molecular complexity index is 893. The highest BCUT2D eigenvalue weighted by Gasteiger charge is 2.08. The van der Waals surface area contributed by atoms with Gasteiger partial charge in [-0.15, -0.1) is 0 Å². The summed E-state index contributed by atoms with van der Waals surface area (Å²) in [6.07, 6.45) is 0.769. The first-order valence-corrected chi connectivity index (χ1v) is 10.1. The second-order valence-electron chi connectivity index (χ2n) is 7.05. The Morgan fingerprint density at radius 1 is 0.967 bits per heavy atom. The van der Waals surface area contributed by atoms with E-state index < -0.39 is 0 Å². The van der Waals surface area contributed by atoms with Gasteiger partial charge in [-0.05, 0) is 48.7 Å². The lowest BCUT2D eigenvalue weighted by atomic mass is 10.1. The van der Waals surface area contributed by atoms with Crippen molar-refractivity contribution in [3.05, 3.63) is 70.8 Å². The van der Waals surface area contributed by atoms with Gasteiger partial charge in [-0.2, -0.15) is 0 Å². The number of rotatable bonds is 8. The van der Waals surface area contributed by atoms with Crippen molar-refractivity contribution in [3.63, 3.8) is 0 Å². The molecule has 0 saturated carbocycles. The average Bonchev–Trinajstić information content (AvgIpc) is 2.76. The zero-order valence-electron chi connectivity index (χ0n) is 18.2. The molecular formula is C23H31N5O2. The molecule has 0 radical (unpaired) electrons. The molecule has 30 heavy (non-hydrogen) atoms. The number of hydrogen-bond acceptors (Lipinski definition) is 3. The van der Waals surface area contributed by atoms with E-state index in [1.165, 1.54) is 0 Å². The number of nitrogens with one attached hydrogen (secondary N) is 3. The number of carbonyl (C=O) groups excluding carboxylic acids is 2. The van der Waals surface area contributed by atoms with Crippen molar-refractivity contribution in [2.24, 2.45) is 4.99 Å². The van der Waals surface area contributed by atoms with Crippen LogP contribution in [0.3, 0.4) is 0 Å². The molecule has 3 N–H and O–H groups in total. The monoisotopic (exact) mass is 409 g/mol. The van der Waals surface area contributed by atoms with Crippen LogP contribution in [0.1, 0.15) is 38.8 Å². The second kappa shape index (κ2) is 11.6. The molecule has 7 nitrogen and oxygen atoms in total. The third-order valence-corrected chi connectivity index (χ3v) is 4.47. The molecule has 0 heterocycles. The van der Waals surface area contributed by atoms with Crippen molar-refractivity contribution in [3.8, 4) is 0 Å². The van der Waals surface area contributed by atoms with Crippen LogP contribution in [-0.2, 0) is 13.0 Å². The number of nitrogens with zero attached hydrogens (tertiary/aromatic N) is 2. The first-order valence-electron chi connectivity index (χ1n) is 10.1. The summed E-state index contributed by atoms with van der Waals surface area (Å²) in [5.41, 5.74) is 3.36. The van der Waals surface area contributed by atoms with E-state index in [0.717, 1.165) is 24.1 Å². The van der Waals surface area contributed by atoms with Crippen LogP contribution in [0.4, 0.5) is 0 Å². The average molecular weight is 410 g/mol. The molecular weight excluding hydrogens is 378 g/mol. The zero-order valence-corrected chi connectivity index (χ0v) is 18.2. The minimum atomic E-state index is -0.110. The van der Waals surface area contributed by atoms with E-state index in [-0.39, 0.29) is 11.8 Å². The normalized spacial score (nSPS) is 11.0. The van der Waals surface area contributed by atoms with E-state index in [0.29, 0.717) is 30.2 Å². The van der Waals surface area contributed by atoms with Gasteiger partial charge in [-0.3, -0.25) is 9.59 Å². The summed E-state index contributed by atoms with van der Waals surface area (Å²) in [6.45, 7) is 3.91. The maximum Gasteiger partial charge on any atom is 0.253 e. The molecule has 0 spiro atoms. The summed E-state index contributed by atoms with van der Waals surface area (Å²) >= 11 is 0. The maximum absolute atomic E-state index is 12.1. The molecule has 0 fully saturated rings. The summed E-state index contributed by atoms with van der Waals surface area (Å²) < 4.78 is 0. The number of amides is 2. The zero-order chi connectivity index (χ0) is 21.9. The molecule has 0 bridgehead atoms. The van der Waals surface area contributed by atoms with Crippen molar-refractivity contribution in [2.45, 2.75) is 19.9 Å². The third kappa shape index (κ3) is 6.92. The van der Waals surface area contributed by atoms with Gasteiger partial charge >= 0.3 is 0 Å². The Labute approximate surface area is 178 Å². The minimum absolute atomic E-state index is 0.00121. The Morgan fingerprint density at radius 2 is 1.63 bits per heavy atom. The van der Waals surface area contributed by atoms with Crippen molar-refractivity contribution >= 4 is 17.8 Å². The number of hydrogen-bond donors (Lipinski definition) is 3. The lowest BCUT2D eigenvalue weighted by Crippen LogP contribution is -2.38. The summed E-state index contributed by atoms with van der Waals surface area (Å²) in [6, 6.07) is 15.1. The highest BCUT2D eigenvalue weighted by Crippen LogP contribution is 2.08. The fraction of sp³-hybridized carbons (Fsp3) is 0.348. The molecule has 0 unspecified atom stereocenters. The van der Waals surface area contributed by atoms with Crippen LogP contribution in [0.25, 0.3) is 0 Å². The van der Waals surface area contributed by atoms with Gasteiger partial charge in [0.2, 0.25) is 0 Å². The van der Waals surface area contributed by atoms with E-state index in [4.69, 9.17) is 0 Å². The van der Waals surface area contributed by atoms with Gasteiger partial charge in [-0.1, -0.05) is 24.3 Å².